The lowest BCUT2D eigenvalue weighted by Crippen LogP contribution is -2.18. The van der Waals surface area contributed by atoms with Crippen LogP contribution in [0.1, 0.15) is 18.0 Å². The van der Waals surface area contributed by atoms with Crippen LogP contribution in [-0.2, 0) is 0 Å². The Bertz CT molecular complexity index is 379. The van der Waals surface area contributed by atoms with E-state index in [9.17, 15) is 22.0 Å². The summed E-state index contributed by atoms with van der Waals surface area (Å²) in [5.74, 6) is -2.12. The summed E-state index contributed by atoms with van der Waals surface area (Å²) in [5.41, 5.74) is 5.70. The third-order valence-corrected chi connectivity index (χ3v) is 2.03. The van der Waals surface area contributed by atoms with E-state index in [0.717, 1.165) is 12.1 Å². The Morgan fingerprint density at radius 2 is 1.94 bits per heavy atom. The van der Waals surface area contributed by atoms with Crippen molar-refractivity contribution >= 4 is 0 Å². The normalized spacial score (nSPS) is 13.5. The fourth-order valence-electron chi connectivity index (χ4n) is 1.24. The third kappa shape index (κ3) is 4.18. The van der Waals surface area contributed by atoms with Crippen LogP contribution in [0.15, 0.2) is 18.2 Å². The van der Waals surface area contributed by atoms with Crippen molar-refractivity contribution < 1.29 is 26.7 Å². The number of nitrogens with two attached hydrogens (primary N) is 1. The minimum absolute atomic E-state index is 0.0289. The molecule has 1 rings (SSSR count). The highest BCUT2D eigenvalue weighted by Crippen LogP contribution is 2.27. The zero-order valence-corrected chi connectivity index (χ0v) is 8.60. The molecule has 2 N–H and O–H groups in total. The number of hydrogen-bond acceptors (Lipinski definition) is 2. The summed E-state index contributed by atoms with van der Waals surface area (Å²) < 4.78 is 64.1. The molecule has 0 unspecified atom stereocenters. The summed E-state index contributed by atoms with van der Waals surface area (Å²) in [6, 6.07) is 2.04. The monoisotopic (exact) mass is 255 g/mol. The Hall–Kier alpha value is -1.37. The van der Waals surface area contributed by atoms with E-state index >= 15 is 0 Å². The van der Waals surface area contributed by atoms with Crippen molar-refractivity contribution in [3.63, 3.8) is 0 Å². The van der Waals surface area contributed by atoms with Crippen LogP contribution < -0.4 is 10.5 Å². The standard InChI is InChI=1S/C10H10F5NO/c11-4-3-8(16)6-1-2-9(7(12)5-6)17-10(13,14)15/h1-2,5,8H,3-4,16H2/t8-/m0/s1. The summed E-state index contributed by atoms with van der Waals surface area (Å²) in [6.07, 6.45) is -4.98. The predicted octanol–water partition coefficient (Wildman–Crippen LogP) is 3.08. The van der Waals surface area contributed by atoms with Crippen LogP contribution in [0.2, 0.25) is 0 Å². The van der Waals surface area contributed by atoms with Crippen LogP contribution in [0.25, 0.3) is 0 Å². The van der Waals surface area contributed by atoms with E-state index in [-0.39, 0.29) is 12.0 Å². The molecular weight excluding hydrogens is 245 g/mol. The number of alkyl halides is 4. The molecule has 0 spiro atoms. The van der Waals surface area contributed by atoms with E-state index in [1.165, 1.54) is 6.07 Å². The van der Waals surface area contributed by atoms with Gasteiger partial charge < -0.3 is 10.5 Å². The van der Waals surface area contributed by atoms with E-state index in [4.69, 9.17) is 5.73 Å². The number of ether oxygens (including phenoxy) is 1. The van der Waals surface area contributed by atoms with Gasteiger partial charge in [-0.1, -0.05) is 6.07 Å². The van der Waals surface area contributed by atoms with Gasteiger partial charge in [0.25, 0.3) is 0 Å². The van der Waals surface area contributed by atoms with Gasteiger partial charge in [0.15, 0.2) is 11.6 Å². The minimum Gasteiger partial charge on any atom is -0.403 e. The molecule has 0 bridgehead atoms. The van der Waals surface area contributed by atoms with Crippen LogP contribution in [0.3, 0.4) is 0 Å². The Morgan fingerprint density at radius 1 is 1.29 bits per heavy atom. The van der Waals surface area contributed by atoms with E-state index in [1.54, 1.807) is 0 Å². The average molecular weight is 255 g/mol. The van der Waals surface area contributed by atoms with Gasteiger partial charge >= 0.3 is 6.36 Å². The SMILES string of the molecule is N[C@@H](CCF)c1ccc(OC(F)(F)F)c(F)c1. The van der Waals surface area contributed by atoms with Crippen molar-refractivity contribution in [3.05, 3.63) is 29.6 Å². The van der Waals surface area contributed by atoms with Gasteiger partial charge in [0.05, 0.1) is 6.67 Å². The Kier molecular flexibility index (Phi) is 4.28. The van der Waals surface area contributed by atoms with E-state index in [1.807, 2.05) is 0 Å². The number of halogens is 5. The van der Waals surface area contributed by atoms with Gasteiger partial charge in [0, 0.05) is 6.04 Å². The van der Waals surface area contributed by atoms with Crippen molar-refractivity contribution in [1.29, 1.82) is 0 Å². The predicted molar refractivity (Wildman–Crippen MR) is 50.6 cm³/mol. The molecule has 1 aromatic rings. The maximum Gasteiger partial charge on any atom is 0.573 e. The molecular formula is C10H10F5NO. The molecule has 0 aromatic heterocycles. The highest BCUT2D eigenvalue weighted by atomic mass is 19.4. The Labute approximate surface area is 94.2 Å². The quantitative estimate of drug-likeness (QED) is 0.839. The second-order valence-electron chi connectivity index (χ2n) is 3.32. The maximum atomic E-state index is 13.2. The summed E-state index contributed by atoms with van der Waals surface area (Å²) in [4.78, 5) is 0. The Morgan fingerprint density at radius 3 is 2.41 bits per heavy atom. The van der Waals surface area contributed by atoms with E-state index < -0.39 is 30.6 Å². The first kappa shape index (κ1) is 13.7. The van der Waals surface area contributed by atoms with Crippen molar-refractivity contribution in [3.8, 4) is 5.75 Å². The Balaban J connectivity index is 2.86. The molecule has 7 heteroatoms. The average Bonchev–Trinajstić information content (AvgIpc) is 2.19. The second kappa shape index (κ2) is 5.31. The molecule has 17 heavy (non-hydrogen) atoms. The molecule has 0 aliphatic heterocycles. The van der Waals surface area contributed by atoms with Gasteiger partial charge in [-0.25, -0.2) is 4.39 Å². The van der Waals surface area contributed by atoms with E-state index in [2.05, 4.69) is 4.74 Å². The van der Waals surface area contributed by atoms with Gasteiger partial charge in [0.2, 0.25) is 0 Å². The first-order valence-electron chi connectivity index (χ1n) is 4.70. The van der Waals surface area contributed by atoms with Crippen LogP contribution in [0.4, 0.5) is 22.0 Å². The first-order valence-corrected chi connectivity index (χ1v) is 4.70. The largest absolute Gasteiger partial charge is 0.573 e. The lowest BCUT2D eigenvalue weighted by Gasteiger charge is -2.13. The van der Waals surface area contributed by atoms with Gasteiger partial charge in [-0.2, -0.15) is 0 Å². The molecule has 1 aromatic carbocycles. The molecule has 0 radical (unpaired) electrons. The minimum atomic E-state index is -4.95. The van der Waals surface area contributed by atoms with Crippen LogP contribution in [0.5, 0.6) is 5.75 Å². The second-order valence-corrected chi connectivity index (χ2v) is 3.32. The molecule has 0 aliphatic rings. The summed E-state index contributed by atoms with van der Waals surface area (Å²) in [6.45, 7) is -0.691. The van der Waals surface area contributed by atoms with Gasteiger partial charge in [-0.3, -0.25) is 4.39 Å². The van der Waals surface area contributed by atoms with Crippen molar-refractivity contribution in [2.75, 3.05) is 6.67 Å². The fourth-order valence-corrected chi connectivity index (χ4v) is 1.24. The lowest BCUT2D eigenvalue weighted by atomic mass is 10.1. The highest BCUT2D eigenvalue weighted by Gasteiger charge is 2.32. The zero-order chi connectivity index (χ0) is 13.1. The van der Waals surface area contributed by atoms with Gasteiger partial charge in [-0.05, 0) is 24.1 Å². The van der Waals surface area contributed by atoms with Gasteiger partial charge in [0.1, 0.15) is 0 Å². The van der Waals surface area contributed by atoms with Crippen LogP contribution in [0, 0.1) is 5.82 Å². The van der Waals surface area contributed by atoms with E-state index in [0.29, 0.717) is 0 Å². The summed E-state index contributed by atoms with van der Waals surface area (Å²) in [7, 11) is 0. The maximum absolute atomic E-state index is 13.2. The molecule has 1 atom stereocenters. The smallest absolute Gasteiger partial charge is 0.403 e. The topological polar surface area (TPSA) is 35.2 Å². The third-order valence-electron chi connectivity index (χ3n) is 2.03. The molecule has 0 heterocycles. The fraction of sp³-hybridized carbons (Fsp3) is 0.400. The number of benzene rings is 1. The van der Waals surface area contributed by atoms with Crippen molar-refractivity contribution in [1.82, 2.24) is 0 Å². The highest BCUT2D eigenvalue weighted by molar-refractivity contribution is 5.31. The molecule has 0 saturated heterocycles. The summed E-state index contributed by atoms with van der Waals surface area (Å²) in [5, 5.41) is 0. The molecule has 2 nitrogen and oxygen atoms in total. The number of hydrogen-bond donors (Lipinski definition) is 1. The van der Waals surface area contributed by atoms with Crippen LogP contribution in [-0.4, -0.2) is 13.0 Å². The van der Waals surface area contributed by atoms with Crippen LogP contribution >= 0.6 is 0 Å². The lowest BCUT2D eigenvalue weighted by molar-refractivity contribution is -0.275. The molecule has 0 amide bonds. The summed E-state index contributed by atoms with van der Waals surface area (Å²) >= 11 is 0. The van der Waals surface area contributed by atoms with Crippen molar-refractivity contribution in [2.24, 2.45) is 5.73 Å². The van der Waals surface area contributed by atoms with Crippen molar-refractivity contribution in [2.45, 2.75) is 18.8 Å². The first-order chi connectivity index (χ1) is 7.83. The molecule has 0 aliphatic carbocycles. The van der Waals surface area contributed by atoms with Gasteiger partial charge in [-0.15, -0.1) is 13.2 Å². The molecule has 0 fully saturated rings. The molecule has 0 saturated carbocycles. The number of rotatable bonds is 4. The molecule has 96 valence electrons. The zero-order valence-electron chi connectivity index (χ0n) is 8.60.